The molecule has 0 spiro atoms. The van der Waals surface area contributed by atoms with E-state index in [1.807, 2.05) is 26.0 Å². The SMILES string of the molecule is Cc1cc(/C=C2/C(=O)NC(=O)c3ccccc32)cc(C)c1O. The Bertz CT molecular complexity index is 811. The topological polar surface area (TPSA) is 66.4 Å². The molecule has 0 aliphatic carbocycles. The lowest BCUT2D eigenvalue weighted by Crippen LogP contribution is -2.36. The Hall–Kier alpha value is -2.88. The van der Waals surface area contributed by atoms with Gasteiger partial charge in [-0.05, 0) is 60.4 Å². The number of hydrogen-bond donors (Lipinski definition) is 2. The number of benzene rings is 2. The molecule has 0 aromatic heterocycles. The minimum absolute atomic E-state index is 0.255. The quantitative estimate of drug-likeness (QED) is 0.627. The summed E-state index contributed by atoms with van der Waals surface area (Å²) in [6.45, 7) is 3.62. The summed E-state index contributed by atoms with van der Waals surface area (Å²) in [5.41, 5.74) is 3.85. The molecule has 1 aliphatic heterocycles. The number of nitrogens with one attached hydrogen (secondary N) is 1. The van der Waals surface area contributed by atoms with Crippen LogP contribution in [0.15, 0.2) is 36.4 Å². The van der Waals surface area contributed by atoms with E-state index >= 15 is 0 Å². The lowest BCUT2D eigenvalue weighted by molar-refractivity contribution is -0.114. The maximum absolute atomic E-state index is 12.2. The Kier molecular flexibility index (Phi) is 3.29. The van der Waals surface area contributed by atoms with Crippen LogP contribution in [0.25, 0.3) is 11.6 Å². The van der Waals surface area contributed by atoms with Gasteiger partial charge in [-0.25, -0.2) is 0 Å². The van der Waals surface area contributed by atoms with Crippen molar-refractivity contribution in [1.82, 2.24) is 5.32 Å². The maximum Gasteiger partial charge on any atom is 0.258 e. The largest absolute Gasteiger partial charge is 0.507 e. The van der Waals surface area contributed by atoms with Gasteiger partial charge in [0.05, 0.1) is 0 Å². The van der Waals surface area contributed by atoms with Crippen molar-refractivity contribution in [2.45, 2.75) is 13.8 Å². The Balaban J connectivity index is 2.17. The molecule has 0 fully saturated rings. The first-order valence-corrected chi connectivity index (χ1v) is 6.94. The van der Waals surface area contributed by atoms with Crippen molar-refractivity contribution in [3.05, 3.63) is 64.2 Å². The second-order valence-electron chi connectivity index (χ2n) is 5.39. The van der Waals surface area contributed by atoms with Crippen molar-refractivity contribution >= 4 is 23.5 Å². The number of fused-ring (bicyclic) bond motifs is 1. The molecule has 4 heteroatoms. The van der Waals surface area contributed by atoms with E-state index in [4.69, 9.17) is 0 Å². The van der Waals surface area contributed by atoms with Gasteiger partial charge >= 0.3 is 0 Å². The molecule has 4 nitrogen and oxygen atoms in total. The third-order valence-corrected chi connectivity index (χ3v) is 3.76. The van der Waals surface area contributed by atoms with Crippen LogP contribution in [0, 0.1) is 13.8 Å². The van der Waals surface area contributed by atoms with Crippen molar-refractivity contribution in [2.24, 2.45) is 0 Å². The van der Waals surface area contributed by atoms with Gasteiger partial charge in [-0.2, -0.15) is 0 Å². The van der Waals surface area contributed by atoms with Gasteiger partial charge < -0.3 is 5.11 Å². The van der Waals surface area contributed by atoms with Crippen LogP contribution < -0.4 is 5.32 Å². The first kappa shape index (κ1) is 14.1. The van der Waals surface area contributed by atoms with Crippen LogP contribution in [0.2, 0.25) is 0 Å². The molecular weight excluding hydrogens is 278 g/mol. The van der Waals surface area contributed by atoms with Crippen molar-refractivity contribution in [1.29, 1.82) is 0 Å². The summed E-state index contributed by atoms with van der Waals surface area (Å²) in [7, 11) is 0. The van der Waals surface area contributed by atoms with E-state index in [1.54, 1.807) is 30.3 Å². The molecule has 2 N–H and O–H groups in total. The van der Waals surface area contributed by atoms with Gasteiger partial charge in [-0.1, -0.05) is 18.2 Å². The minimum atomic E-state index is -0.410. The summed E-state index contributed by atoms with van der Waals surface area (Å²) in [4.78, 5) is 24.0. The highest BCUT2D eigenvalue weighted by atomic mass is 16.3. The number of aromatic hydroxyl groups is 1. The Morgan fingerprint density at radius 1 is 0.955 bits per heavy atom. The molecule has 1 aliphatic rings. The van der Waals surface area contributed by atoms with Crippen LogP contribution in [0.5, 0.6) is 5.75 Å². The highest BCUT2D eigenvalue weighted by molar-refractivity contribution is 6.33. The minimum Gasteiger partial charge on any atom is -0.507 e. The van der Waals surface area contributed by atoms with Crippen LogP contribution >= 0.6 is 0 Å². The lowest BCUT2D eigenvalue weighted by atomic mass is 9.93. The number of aryl methyl sites for hydroxylation is 2. The number of carbonyl (C=O) groups is 2. The van der Waals surface area contributed by atoms with Crippen LogP contribution in [0.3, 0.4) is 0 Å². The third kappa shape index (κ3) is 2.29. The number of amides is 2. The Morgan fingerprint density at radius 2 is 1.55 bits per heavy atom. The van der Waals surface area contributed by atoms with Crippen LogP contribution in [0.4, 0.5) is 0 Å². The first-order chi connectivity index (χ1) is 10.5. The number of imide groups is 1. The van der Waals surface area contributed by atoms with Gasteiger partial charge in [0.1, 0.15) is 5.75 Å². The zero-order chi connectivity index (χ0) is 15.9. The van der Waals surface area contributed by atoms with Crippen molar-refractivity contribution in [3.8, 4) is 5.75 Å². The molecule has 0 unspecified atom stereocenters. The Morgan fingerprint density at radius 3 is 2.18 bits per heavy atom. The molecule has 0 saturated heterocycles. The van der Waals surface area contributed by atoms with Crippen LogP contribution in [0.1, 0.15) is 32.6 Å². The molecule has 2 aromatic rings. The van der Waals surface area contributed by atoms with E-state index in [2.05, 4.69) is 5.32 Å². The summed E-state index contributed by atoms with van der Waals surface area (Å²) >= 11 is 0. The van der Waals surface area contributed by atoms with Gasteiger partial charge in [0.25, 0.3) is 11.8 Å². The molecule has 0 atom stereocenters. The molecule has 0 radical (unpaired) electrons. The van der Waals surface area contributed by atoms with Gasteiger partial charge in [0, 0.05) is 11.1 Å². The fourth-order valence-electron chi connectivity index (χ4n) is 2.66. The molecule has 3 rings (SSSR count). The lowest BCUT2D eigenvalue weighted by Gasteiger charge is -2.18. The maximum atomic E-state index is 12.2. The molecule has 1 heterocycles. The number of phenols is 1. The summed E-state index contributed by atoms with van der Waals surface area (Å²) in [6, 6.07) is 10.6. The van der Waals surface area contributed by atoms with Gasteiger partial charge in [-0.3, -0.25) is 14.9 Å². The smallest absolute Gasteiger partial charge is 0.258 e. The average molecular weight is 293 g/mol. The number of hydrogen-bond acceptors (Lipinski definition) is 3. The number of rotatable bonds is 1. The Labute approximate surface area is 128 Å². The highest BCUT2D eigenvalue weighted by Gasteiger charge is 2.26. The van der Waals surface area contributed by atoms with Gasteiger partial charge in [0.2, 0.25) is 0 Å². The molecule has 110 valence electrons. The normalized spacial score (nSPS) is 15.6. The molecule has 22 heavy (non-hydrogen) atoms. The van der Waals surface area contributed by atoms with Gasteiger partial charge in [-0.15, -0.1) is 0 Å². The summed E-state index contributed by atoms with van der Waals surface area (Å²) in [5, 5.41) is 12.2. The molecule has 2 amide bonds. The number of carbonyl (C=O) groups excluding carboxylic acids is 2. The predicted molar refractivity (Wildman–Crippen MR) is 84.4 cm³/mol. The molecule has 0 bridgehead atoms. The van der Waals surface area contributed by atoms with E-state index in [9.17, 15) is 14.7 Å². The summed E-state index contributed by atoms with van der Waals surface area (Å²) in [5.74, 6) is -0.534. The van der Waals surface area contributed by atoms with Crippen molar-refractivity contribution in [3.63, 3.8) is 0 Å². The van der Waals surface area contributed by atoms with E-state index in [-0.39, 0.29) is 11.7 Å². The zero-order valence-corrected chi connectivity index (χ0v) is 12.3. The van der Waals surface area contributed by atoms with Crippen molar-refractivity contribution in [2.75, 3.05) is 0 Å². The predicted octanol–water partition coefficient (Wildman–Crippen LogP) is 2.82. The first-order valence-electron chi connectivity index (χ1n) is 6.94. The van der Waals surface area contributed by atoms with E-state index < -0.39 is 5.91 Å². The van der Waals surface area contributed by atoms with E-state index in [0.717, 1.165) is 16.7 Å². The second kappa shape index (κ2) is 5.15. The van der Waals surface area contributed by atoms with E-state index in [1.165, 1.54) is 0 Å². The summed E-state index contributed by atoms with van der Waals surface area (Å²) < 4.78 is 0. The van der Waals surface area contributed by atoms with E-state index in [0.29, 0.717) is 16.7 Å². The molecule has 2 aromatic carbocycles. The molecular formula is C18H15NO3. The average Bonchev–Trinajstić information content (AvgIpc) is 2.49. The highest BCUT2D eigenvalue weighted by Crippen LogP contribution is 2.29. The second-order valence-corrected chi connectivity index (χ2v) is 5.39. The fourth-order valence-corrected chi connectivity index (χ4v) is 2.66. The monoisotopic (exact) mass is 293 g/mol. The number of phenolic OH excluding ortho intramolecular Hbond substituents is 1. The third-order valence-electron chi connectivity index (χ3n) is 3.76. The van der Waals surface area contributed by atoms with Crippen LogP contribution in [-0.4, -0.2) is 16.9 Å². The fraction of sp³-hybridized carbons (Fsp3) is 0.111. The standard InChI is InChI=1S/C18H15NO3/c1-10-7-12(8-11(2)16(10)20)9-15-13-5-3-4-6-14(13)17(21)19-18(15)22/h3-9,20H,1-2H3,(H,19,21,22)/b15-9+. The molecule has 0 saturated carbocycles. The van der Waals surface area contributed by atoms with Gasteiger partial charge in [0.15, 0.2) is 0 Å². The van der Waals surface area contributed by atoms with Crippen molar-refractivity contribution < 1.29 is 14.7 Å². The van der Waals surface area contributed by atoms with Crippen LogP contribution in [-0.2, 0) is 4.79 Å². The summed E-state index contributed by atoms with van der Waals surface area (Å²) in [6.07, 6.45) is 1.74. The zero-order valence-electron chi connectivity index (χ0n) is 12.3.